The van der Waals surface area contributed by atoms with Gasteiger partial charge in [-0.25, -0.2) is 4.98 Å². The molecule has 2 aliphatic rings. The summed E-state index contributed by atoms with van der Waals surface area (Å²) in [5.74, 6) is 0.253. The summed E-state index contributed by atoms with van der Waals surface area (Å²) < 4.78 is 5.52. The normalized spacial score (nSPS) is 16.2. The second-order valence-electron chi connectivity index (χ2n) is 8.04. The number of hydrogen-bond donors (Lipinski definition) is 1. The van der Waals surface area contributed by atoms with Gasteiger partial charge in [0.2, 0.25) is 5.91 Å². The number of pyridine rings is 1. The highest BCUT2D eigenvalue weighted by Crippen LogP contribution is 2.41. The number of fused-ring (bicyclic) bond motifs is 1. The van der Waals surface area contributed by atoms with Crippen molar-refractivity contribution in [1.29, 1.82) is 0 Å². The summed E-state index contributed by atoms with van der Waals surface area (Å²) in [5.41, 5.74) is 3.25. The van der Waals surface area contributed by atoms with Gasteiger partial charge in [0, 0.05) is 43.2 Å². The van der Waals surface area contributed by atoms with Gasteiger partial charge in [-0.1, -0.05) is 35.5 Å². The van der Waals surface area contributed by atoms with Crippen LogP contribution in [0.5, 0.6) is 0 Å². The molecule has 2 fully saturated rings. The lowest BCUT2D eigenvalue weighted by atomic mass is 10.0. The van der Waals surface area contributed by atoms with Crippen LogP contribution in [0.3, 0.4) is 0 Å². The smallest absolute Gasteiger partial charge is 0.259 e. The molecule has 3 aromatic rings. The standard InChI is InChI=1S/C23H24N4O3/c28-19(27-12-4-5-13-27)10-11-24-22(29)17-14-18(15-8-9-15)25-23-20(17)21(26-30-23)16-6-2-1-3-7-16/h1-3,6-7,14-15H,4-5,8-13H2,(H,24,29). The van der Waals surface area contributed by atoms with Gasteiger partial charge in [-0.2, -0.15) is 0 Å². The summed E-state index contributed by atoms with van der Waals surface area (Å²) in [6.45, 7) is 1.95. The topological polar surface area (TPSA) is 88.3 Å². The molecule has 7 heteroatoms. The highest BCUT2D eigenvalue weighted by atomic mass is 16.5. The molecule has 0 bridgehead atoms. The van der Waals surface area contributed by atoms with E-state index >= 15 is 0 Å². The molecular weight excluding hydrogens is 380 g/mol. The van der Waals surface area contributed by atoms with Gasteiger partial charge in [-0.15, -0.1) is 0 Å². The predicted octanol–water partition coefficient (Wildman–Crippen LogP) is 3.51. The maximum Gasteiger partial charge on any atom is 0.259 e. The third-order valence-electron chi connectivity index (χ3n) is 5.84. The first-order chi connectivity index (χ1) is 14.7. The van der Waals surface area contributed by atoms with E-state index in [-0.39, 0.29) is 11.8 Å². The molecule has 30 heavy (non-hydrogen) atoms. The van der Waals surface area contributed by atoms with Crippen molar-refractivity contribution < 1.29 is 14.1 Å². The fraction of sp³-hybridized carbons (Fsp3) is 0.391. The Morgan fingerprint density at radius 1 is 1.13 bits per heavy atom. The largest absolute Gasteiger partial charge is 0.351 e. The van der Waals surface area contributed by atoms with Crippen molar-refractivity contribution in [2.24, 2.45) is 0 Å². The van der Waals surface area contributed by atoms with E-state index in [4.69, 9.17) is 4.52 Å². The molecule has 5 rings (SSSR count). The molecule has 2 amide bonds. The van der Waals surface area contributed by atoms with Crippen LogP contribution in [-0.4, -0.2) is 46.5 Å². The molecule has 1 saturated heterocycles. The second-order valence-corrected chi connectivity index (χ2v) is 8.04. The van der Waals surface area contributed by atoms with E-state index in [1.165, 1.54) is 0 Å². The van der Waals surface area contributed by atoms with Gasteiger partial charge in [0.05, 0.1) is 10.9 Å². The van der Waals surface area contributed by atoms with Crippen LogP contribution in [0.2, 0.25) is 0 Å². The molecule has 0 unspecified atom stereocenters. The number of nitrogens with one attached hydrogen (secondary N) is 1. The highest BCUT2D eigenvalue weighted by Gasteiger charge is 2.29. The molecule has 1 aliphatic carbocycles. The van der Waals surface area contributed by atoms with Gasteiger partial charge in [-0.3, -0.25) is 9.59 Å². The molecule has 7 nitrogen and oxygen atoms in total. The molecule has 154 valence electrons. The van der Waals surface area contributed by atoms with Crippen molar-refractivity contribution in [1.82, 2.24) is 20.4 Å². The lowest BCUT2D eigenvalue weighted by molar-refractivity contribution is -0.129. The van der Waals surface area contributed by atoms with Crippen LogP contribution < -0.4 is 5.32 Å². The number of aromatic nitrogens is 2. The molecule has 1 N–H and O–H groups in total. The van der Waals surface area contributed by atoms with Crippen molar-refractivity contribution in [2.45, 2.75) is 38.0 Å². The average molecular weight is 404 g/mol. The van der Waals surface area contributed by atoms with Gasteiger partial charge in [0.15, 0.2) is 0 Å². The summed E-state index contributed by atoms with van der Waals surface area (Å²) in [6.07, 6.45) is 4.58. The monoisotopic (exact) mass is 404 g/mol. The van der Waals surface area contributed by atoms with E-state index < -0.39 is 0 Å². The molecule has 1 aliphatic heterocycles. The minimum Gasteiger partial charge on any atom is -0.351 e. The predicted molar refractivity (Wildman–Crippen MR) is 112 cm³/mol. The fourth-order valence-electron chi connectivity index (χ4n) is 4.03. The van der Waals surface area contributed by atoms with E-state index in [0.717, 1.165) is 50.0 Å². The third kappa shape index (κ3) is 3.67. The summed E-state index contributed by atoms with van der Waals surface area (Å²) in [6, 6.07) is 11.5. The molecular formula is C23H24N4O3. The molecule has 1 saturated carbocycles. The Balaban J connectivity index is 1.42. The Bertz CT molecular complexity index is 1080. The van der Waals surface area contributed by atoms with Crippen LogP contribution in [0.15, 0.2) is 40.9 Å². The van der Waals surface area contributed by atoms with Crippen LogP contribution in [-0.2, 0) is 4.79 Å². The zero-order valence-corrected chi connectivity index (χ0v) is 16.8. The van der Waals surface area contributed by atoms with Crippen LogP contribution in [0.1, 0.15) is 54.1 Å². The summed E-state index contributed by atoms with van der Waals surface area (Å²) in [7, 11) is 0. The van der Waals surface area contributed by atoms with Gasteiger partial charge in [-0.05, 0) is 31.7 Å². The Morgan fingerprint density at radius 2 is 1.90 bits per heavy atom. The maximum atomic E-state index is 13.1. The van der Waals surface area contributed by atoms with Crippen molar-refractivity contribution >= 4 is 22.9 Å². The first kappa shape index (κ1) is 18.8. The molecule has 0 spiro atoms. The summed E-state index contributed by atoms with van der Waals surface area (Å²) in [4.78, 5) is 31.9. The van der Waals surface area contributed by atoms with Crippen LogP contribution >= 0.6 is 0 Å². The molecule has 3 heterocycles. The van der Waals surface area contributed by atoms with Crippen LogP contribution in [0.4, 0.5) is 0 Å². The van der Waals surface area contributed by atoms with E-state index in [1.807, 2.05) is 41.3 Å². The zero-order valence-electron chi connectivity index (χ0n) is 16.8. The first-order valence-electron chi connectivity index (χ1n) is 10.6. The zero-order chi connectivity index (χ0) is 20.5. The molecule has 1 aromatic carbocycles. The number of amides is 2. The molecule has 2 aromatic heterocycles. The minimum absolute atomic E-state index is 0.0984. The summed E-state index contributed by atoms with van der Waals surface area (Å²) >= 11 is 0. The SMILES string of the molecule is O=C(NCCC(=O)N1CCCC1)c1cc(C2CC2)nc2onc(-c3ccccc3)c12. The third-order valence-corrected chi connectivity index (χ3v) is 5.84. The van der Waals surface area contributed by atoms with Gasteiger partial charge >= 0.3 is 0 Å². The maximum absolute atomic E-state index is 13.1. The number of benzene rings is 1. The van der Waals surface area contributed by atoms with Crippen molar-refractivity contribution in [2.75, 3.05) is 19.6 Å². The van der Waals surface area contributed by atoms with E-state index in [2.05, 4.69) is 15.5 Å². The number of likely N-dealkylation sites (tertiary alicyclic amines) is 1. The summed E-state index contributed by atoms with van der Waals surface area (Å²) in [5, 5.41) is 7.75. The van der Waals surface area contributed by atoms with Crippen LogP contribution in [0, 0.1) is 0 Å². The van der Waals surface area contributed by atoms with Gasteiger partial charge < -0.3 is 14.7 Å². The lowest BCUT2D eigenvalue weighted by Crippen LogP contribution is -2.32. The first-order valence-corrected chi connectivity index (χ1v) is 10.6. The Morgan fingerprint density at radius 3 is 2.63 bits per heavy atom. The Labute approximate surface area is 174 Å². The number of nitrogens with zero attached hydrogens (tertiary/aromatic N) is 3. The van der Waals surface area contributed by atoms with Crippen LogP contribution in [0.25, 0.3) is 22.4 Å². The Hall–Kier alpha value is -3.22. The second kappa shape index (κ2) is 7.89. The van der Waals surface area contributed by atoms with E-state index in [0.29, 0.717) is 41.2 Å². The van der Waals surface area contributed by atoms with E-state index in [1.54, 1.807) is 0 Å². The number of rotatable bonds is 6. The number of carbonyl (C=O) groups is 2. The average Bonchev–Trinajstić information content (AvgIpc) is 3.30. The fourth-order valence-corrected chi connectivity index (χ4v) is 4.03. The van der Waals surface area contributed by atoms with Crippen molar-refractivity contribution in [3.8, 4) is 11.3 Å². The van der Waals surface area contributed by atoms with E-state index in [9.17, 15) is 9.59 Å². The van der Waals surface area contributed by atoms with Gasteiger partial charge in [0.1, 0.15) is 5.69 Å². The lowest BCUT2D eigenvalue weighted by Gasteiger charge is -2.15. The Kier molecular flexibility index (Phi) is 4.94. The van der Waals surface area contributed by atoms with Crippen molar-refractivity contribution in [3.05, 3.63) is 47.7 Å². The molecule has 0 atom stereocenters. The highest BCUT2D eigenvalue weighted by molar-refractivity contribution is 6.09. The van der Waals surface area contributed by atoms with Crippen molar-refractivity contribution in [3.63, 3.8) is 0 Å². The minimum atomic E-state index is -0.223. The number of carbonyl (C=O) groups excluding carboxylic acids is 2. The number of hydrogen-bond acceptors (Lipinski definition) is 5. The van der Waals surface area contributed by atoms with Gasteiger partial charge in [0.25, 0.3) is 11.6 Å². The molecule has 0 radical (unpaired) electrons. The quantitative estimate of drug-likeness (QED) is 0.679.